The van der Waals surface area contributed by atoms with Gasteiger partial charge in [-0.1, -0.05) is 0 Å². The lowest BCUT2D eigenvalue weighted by Crippen LogP contribution is -2.37. The van der Waals surface area contributed by atoms with Crippen molar-refractivity contribution < 1.29 is 9.53 Å². The maximum atomic E-state index is 12.4. The van der Waals surface area contributed by atoms with Crippen LogP contribution in [-0.2, 0) is 4.74 Å². The predicted octanol–water partition coefficient (Wildman–Crippen LogP) is 1.37. The van der Waals surface area contributed by atoms with E-state index in [1.54, 1.807) is 0 Å². The molecule has 24 heavy (non-hydrogen) atoms. The van der Waals surface area contributed by atoms with Crippen molar-refractivity contribution in [3.8, 4) is 0 Å². The van der Waals surface area contributed by atoms with Crippen molar-refractivity contribution in [3.63, 3.8) is 0 Å². The summed E-state index contributed by atoms with van der Waals surface area (Å²) in [5.74, 6) is 0.775. The minimum absolute atomic E-state index is 0.202. The molecule has 0 unspecified atom stereocenters. The molecule has 2 fully saturated rings. The molecule has 1 aliphatic carbocycles. The zero-order valence-corrected chi connectivity index (χ0v) is 14.0. The van der Waals surface area contributed by atoms with Crippen molar-refractivity contribution in [1.29, 1.82) is 0 Å². The lowest BCUT2D eigenvalue weighted by Gasteiger charge is -2.29. The SMILES string of the molecule is Cc1cc(C)c2c(N3CCOCC3)nc(C(=O)NC3CC3)nc2n1. The minimum atomic E-state index is -0.213. The van der Waals surface area contributed by atoms with Gasteiger partial charge in [0.15, 0.2) is 5.65 Å². The predicted molar refractivity (Wildman–Crippen MR) is 90.3 cm³/mol. The number of hydrogen-bond acceptors (Lipinski definition) is 6. The van der Waals surface area contributed by atoms with E-state index in [0.717, 1.165) is 48.4 Å². The zero-order valence-electron chi connectivity index (χ0n) is 14.0. The molecule has 1 N–H and O–H groups in total. The maximum absolute atomic E-state index is 12.4. The maximum Gasteiger partial charge on any atom is 0.289 e. The lowest BCUT2D eigenvalue weighted by atomic mass is 10.1. The fourth-order valence-corrected chi connectivity index (χ4v) is 3.04. The Balaban J connectivity index is 1.83. The topological polar surface area (TPSA) is 80.2 Å². The summed E-state index contributed by atoms with van der Waals surface area (Å²) in [6, 6.07) is 2.30. The van der Waals surface area contributed by atoms with Crippen LogP contribution in [0.25, 0.3) is 11.0 Å². The number of hydrogen-bond donors (Lipinski definition) is 1. The molecule has 0 spiro atoms. The number of amides is 1. The van der Waals surface area contributed by atoms with Gasteiger partial charge in [-0.3, -0.25) is 4.79 Å². The first-order chi connectivity index (χ1) is 11.6. The number of aryl methyl sites for hydroxylation is 2. The zero-order chi connectivity index (χ0) is 16.7. The van der Waals surface area contributed by atoms with Crippen molar-refractivity contribution in [2.24, 2.45) is 0 Å². The summed E-state index contributed by atoms with van der Waals surface area (Å²) in [4.78, 5) is 28.2. The summed E-state index contributed by atoms with van der Waals surface area (Å²) in [5.41, 5.74) is 2.55. The molecule has 4 rings (SSSR count). The highest BCUT2D eigenvalue weighted by molar-refractivity contribution is 5.97. The van der Waals surface area contributed by atoms with E-state index in [9.17, 15) is 4.79 Å². The van der Waals surface area contributed by atoms with Gasteiger partial charge in [0, 0.05) is 24.8 Å². The number of nitrogens with zero attached hydrogens (tertiary/aromatic N) is 4. The van der Waals surface area contributed by atoms with E-state index in [1.165, 1.54) is 0 Å². The average Bonchev–Trinajstić information content (AvgIpc) is 3.38. The summed E-state index contributed by atoms with van der Waals surface area (Å²) in [5, 5.41) is 3.88. The van der Waals surface area contributed by atoms with Gasteiger partial charge in [0.05, 0.1) is 18.6 Å². The number of carbonyl (C=O) groups is 1. The van der Waals surface area contributed by atoms with Crippen molar-refractivity contribution in [2.75, 3.05) is 31.2 Å². The van der Waals surface area contributed by atoms with Gasteiger partial charge < -0.3 is 15.0 Å². The first-order valence-corrected chi connectivity index (χ1v) is 8.41. The molecule has 7 nitrogen and oxygen atoms in total. The van der Waals surface area contributed by atoms with Gasteiger partial charge in [0.25, 0.3) is 5.91 Å². The molecule has 1 aliphatic heterocycles. The molecule has 0 radical (unpaired) electrons. The van der Waals surface area contributed by atoms with Crippen LogP contribution in [0.15, 0.2) is 6.07 Å². The van der Waals surface area contributed by atoms with E-state index in [4.69, 9.17) is 4.74 Å². The average molecular weight is 327 g/mol. The smallest absolute Gasteiger partial charge is 0.289 e. The number of ether oxygens (including phenoxy) is 1. The molecule has 0 atom stereocenters. The van der Waals surface area contributed by atoms with Crippen LogP contribution in [0.1, 0.15) is 34.7 Å². The fourth-order valence-electron chi connectivity index (χ4n) is 3.04. The van der Waals surface area contributed by atoms with Crippen LogP contribution in [-0.4, -0.2) is 53.2 Å². The number of anilines is 1. The van der Waals surface area contributed by atoms with Crippen LogP contribution in [0.5, 0.6) is 0 Å². The largest absolute Gasteiger partial charge is 0.378 e. The quantitative estimate of drug-likeness (QED) is 0.917. The van der Waals surface area contributed by atoms with Gasteiger partial charge in [-0.05, 0) is 38.3 Å². The third-order valence-electron chi connectivity index (χ3n) is 4.40. The Bertz CT molecular complexity index is 797. The van der Waals surface area contributed by atoms with E-state index < -0.39 is 0 Å². The fraction of sp³-hybridized carbons (Fsp3) is 0.529. The second kappa shape index (κ2) is 5.98. The lowest BCUT2D eigenvalue weighted by molar-refractivity contribution is 0.0941. The molecule has 2 aliphatic rings. The summed E-state index contributed by atoms with van der Waals surface area (Å²) < 4.78 is 5.44. The minimum Gasteiger partial charge on any atom is -0.378 e. The highest BCUT2D eigenvalue weighted by Gasteiger charge is 2.27. The summed E-state index contributed by atoms with van der Waals surface area (Å²) in [6.45, 7) is 6.80. The van der Waals surface area contributed by atoms with Gasteiger partial charge >= 0.3 is 0 Å². The normalized spacial score (nSPS) is 18.0. The molecule has 1 saturated heterocycles. The Morgan fingerprint density at radius 3 is 2.67 bits per heavy atom. The molecule has 1 saturated carbocycles. The van der Waals surface area contributed by atoms with E-state index in [-0.39, 0.29) is 17.8 Å². The highest BCUT2D eigenvalue weighted by atomic mass is 16.5. The van der Waals surface area contributed by atoms with Crippen LogP contribution >= 0.6 is 0 Å². The molecule has 1 amide bonds. The van der Waals surface area contributed by atoms with Crippen molar-refractivity contribution in [2.45, 2.75) is 32.7 Å². The van der Waals surface area contributed by atoms with E-state index in [0.29, 0.717) is 18.9 Å². The van der Waals surface area contributed by atoms with E-state index in [2.05, 4.69) is 25.2 Å². The third kappa shape index (κ3) is 2.91. The first-order valence-electron chi connectivity index (χ1n) is 8.41. The molecule has 2 aromatic rings. The number of nitrogens with one attached hydrogen (secondary N) is 1. The van der Waals surface area contributed by atoms with Crippen LogP contribution in [0.4, 0.5) is 5.82 Å². The molecular formula is C17H21N5O2. The molecule has 0 aromatic carbocycles. The second-order valence-corrected chi connectivity index (χ2v) is 6.50. The standard InChI is InChI=1S/C17H21N5O2/c1-10-9-11(2)18-14-13(10)16(22-5-7-24-8-6-22)21-15(20-14)17(23)19-12-3-4-12/h9,12H,3-8H2,1-2H3,(H,19,23). The van der Waals surface area contributed by atoms with Gasteiger partial charge in [-0.25, -0.2) is 15.0 Å². The Kier molecular flexibility index (Phi) is 3.80. The Labute approximate surface area is 140 Å². The van der Waals surface area contributed by atoms with Gasteiger partial charge in [0.1, 0.15) is 5.82 Å². The van der Waals surface area contributed by atoms with Crippen LogP contribution in [0.3, 0.4) is 0 Å². The molecule has 0 bridgehead atoms. The highest BCUT2D eigenvalue weighted by Crippen LogP contribution is 2.28. The summed E-state index contributed by atoms with van der Waals surface area (Å²) in [6.07, 6.45) is 2.07. The monoisotopic (exact) mass is 327 g/mol. The van der Waals surface area contributed by atoms with Crippen molar-refractivity contribution in [3.05, 3.63) is 23.1 Å². The van der Waals surface area contributed by atoms with Crippen molar-refractivity contribution >= 4 is 22.8 Å². The van der Waals surface area contributed by atoms with Crippen molar-refractivity contribution in [1.82, 2.24) is 20.3 Å². The van der Waals surface area contributed by atoms with Gasteiger partial charge in [-0.2, -0.15) is 0 Å². The number of carbonyl (C=O) groups excluding carboxylic acids is 1. The number of morpholine rings is 1. The number of rotatable bonds is 3. The Morgan fingerprint density at radius 1 is 1.21 bits per heavy atom. The van der Waals surface area contributed by atoms with E-state index >= 15 is 0 Å². The second-order valence-electron chi connectivity index (χ2n) is 6.50. The molecule has 3 heterocycles. The third-order valence-corrected chi connectivity index (χ3v) is 4.40. The number of pyridine rings is 1. The van der Waals surface area contributed by atoms with Crippen LogP contribution in [0, 0.1) is 13.8 Å². The summed E-state index contributed by atoms with van der Waals surface area (Å²) in [7, 11) is 0. The molecule has 126 valence electrons. The first kappa shape index (κ1) is 15.3. The molecule has 7 heteroatoms. The van der Waals surface area contributed by atoms with Crippen LogP contribution < -0.4 is 10.2 Å². The van der Waals surface area contributed by atoms with Crippen LogP contribution in [0.2, 0.25) is 0 Å². The number of fused-ring (bicyclic) bond motifs is 1. The van der Waals surface area contributed by atoms with Gasteiger partial charge in [0.2, 0.25) is 5.82 Å². The Hall–Kier alpha value is -2.28. The summed E-state index contributed by atoms with van der Waals surface area (Å²) >= 11 is 0. The molecule has 2 aromatic heterocycles. The Morgan fingerprint density at radius 2 is 1.96 bits per heavy atom. The van der Waals surface area contributed by atoms with Gasteiger partial charge in [-0.15, -0.1) is 0 Å². The van der Waals surface area contributed by atoms with E-state index in [1.807, 2.05) is 19.9 Å². The molecular weight excluding hydrogens is 306 g/mol. The number of aromatic nitrogens is 3.